The molecule has 0 aliphatic rings. The number of rotatable bonds is 8. The smallest absolute Gasteiger partial charge is 0.332 e. The number of fused-ring (bicyclic) bond motifs is 1. The maximum atomic E-state index is 13.5. The number of carbonyl (C=O) groups is 1. The van der Waals surface area contributed by atoms with Gasteiger partial charge in [-0.25, -0.2) is 9.36 Å². The fourth-order valence-electron chi connectivity index (χ4n) is 4.08. The van der Waals surface area contributed by atoms with Crippen molar-refractivity contribution >= 4 is 63.3 Å². The second-order valence-corrected chi connectivity index (χ2v) is 9.89. The van der Waals surface area contributed by atoms with Gasteiger partial charge in [0, 0.05) is 31.2 Å². The van der Waals surface area contributed by atoms with Crippen LogP contribution in [0.4, 0.5) is 0 Å². The Bertz CT molecular complexity index is 1650. The summed E-state index contributed by atoms with van der Waals surface area (Å²) in [5, 5.41) is 11.3. The van der Waals surface area contributed by atoms with Crippen molar-refractivity contribution in [1.29, 1.82) is 0 Å². The monoisotopic (exact) mass is 580 g/mol. The van der Waals surface area contributed by atoms with Gasteiger partial charge in [0.1, 0.15) is 18.9 Å². The Morgan fingerprint density at radius 2 is 1.51 bits per heavy atom. The molecule has 0 bridgehead atoms. The standard InChI is InChI=1S/C26H20Cl4N2O5/c1-2-18-22(37-13-15-4-6-17(28)10-20(15)30)8-7-21-24(18)25(35)32(12-23(33)34)26(36)31(21)11-14-3-5-16(27)9-19(14)29/h3-10H,2,11-13H2,1H3,(H,33,34). The van der Waals surface area contributed by atoms with E-state index in [1.807, 2.05) is 6.92 Å². The molecule has 4 aromatic rings. The first-order valence-electron chi connectivity index (χ1n) is 11.1. The van der Waals surface area contributed by atoms with Crippen molar-refractivity contribution < 1.29 is 14.6 Å². The molecule has 7 nitrogen and oxygen atoms in total. The zero-order valence-electron chi connectivity index (χ0n) is 19.4. The molecule has 0 fully saturated rings. The summed E-state index contributed by atoms with van der Waals surface area (Å²) in [5.74, 6) is -0.910. The summed E-state index contributed by atoms with van der Waals surface area (Å²) in [5.41, 5.74) is 0.644. The minimum Gasteiger partial charge on any atom is -0.489 e. The Labute approximate surface area is 231 Å². The molecule has 0 radical (unpaired) electrons. The SMILES string of the molecule is CCc1c(OCc2ccc(Cl)cc2Cl)ccc2c1c(=O)n(CC(=O)O)c(=O)n2Cc1ccc(Cl)cc1Cl. The summed E-state index contributed by atoms with van der Waals surface area (Å²) in [4.78, 5) is 38.3. The van der Waals surface area contributed by atoms with Crippen LogP contribution >= 0.6 is 46.4 Å². The Balaban J connectivity index is 1.90. The number of aromatic nitrogens is 2. The van der Waals surface area contributed by atoms with Gasteiger partial charge in [0.05, 0.1) is 17.4 Å². The molecule has 37 heavy (non-hydrogen) atoms. The van der Waals surface area contributed by atoms with Gasteiger partial charge in [-0.1, -0.05) is 65.5 Å². The van der Waals surface area contributed by atoms with Crippen LogP contribution in [0.2, 0.25) is 20.1 Å². The lowest BCUT2D eigenvalue weighted by Crippen LogP contribution is -2.42. The molecule has 0 spiro atoms. The fraction of sp³-hybridized carbons (Fsp3) is 0.192. The van der Waals surface area contributed by atoms with E-state index < -0.39 is 23.8 Å². The second-order valence-electron chi connectivity index (χ2n) is 8.20. The molecule has 0 saturated carbocycles. The molecule has 0 aliphatic carbocycles. The van der Waals surface area contributed by atoms with Crippen molar-refractivity contribution in [3.63, 3.8) is 0 Å². The zero-order chi connectivity index (χ0) is 26.9. The van der Waals surface area contributed by atoms with E-state index in [0.29, 0.717) is 59.0 Å². The molecule has 0 amide bonds. The van der Waals surface area contributed by atoms with E-state index >= 15 is 0 Å². The van der Waals surface area contributed by atoms with Crippen molar-refractivity contribution in [2.45, 2.75) is 33.0 Å². The number of hydrogen-bond acceptors (Lipinski definition) is 4. The van der Waals surface area contributed by atoms with Crippen molar-refractivity contribution in [3.8, 4) is 5.75 Å². The minimum atomic E-state index is -1.32. The number of aryl methyl sites for hydroxylation is 1. The first-order chi connectivity index (χ1) is 17.6. The van der Waals surface area contributed by atoms with E-state index in [-0.39, 0.29) is 18.5 Å². The van der Waals surface area contributed by atoms with Crippen LogP contribution in [0.1, 0.15) is 23.6 Å². The van der Waals surface area contributed by atoms with Crippen LogP contribution < -0.4 is 16.0 Å². The lowest BCUT2D eigenvalue weighted by molar-refractivity contribution is -0.137. The number of ether oxygens (including phenoxy) is 1. The van der Waals surface area contributed by atoms with Gasteiger partial charge < -0.3 is 9.84 Å². The van der Waals surface area contributed by atoms with Gasteiger partial charge in [0.2, 0.25) is 0 Å². The molecule has 3 aromatic carbocycles. The summed E-state index contributed by atoms with van der Waals surface area (Å²) < 4.78 is 8.05. The third-order valence-electron chi connectivity index (χ3n) is 5.85. The summed E-state index contributed by atoms with van der Waals surface area (Å²) in [6.07, 6.45) is 0.378. The third kappa shape index (κ3) is 5.65. The summed E-state index contributed by atoms with van der Waals surface area (Å²) in [6, 6.07) is 13.2. The van der Waals surface area contributed by atoms with Gasteiger partial charge in [0.25, 0.3) is 5.56 Å². The normalized spacial score (nSPS) is 11.2. The number of aliphatic carboxylic acids is 1. The molecular formula is C26H20Cl4N2O5. The zero-order valence-corrected chi connectivity index (χ0v) is 22.5. The maximum absolute atomic E-state index is 13.5. The van der Waals surface area contributed by atoms with Crippen LogP contribution in [0.5, 0.6) is 5.75 Å². The topological polar surface area (TPSA) is 90.5 Å². The van der Waals surface area contributed by atoms with Gasteiger partial charge in [-0.05, 0) is 48.4 Å². The van der Waals surface area contributed by atoms with Crippen LogP contribution in [0.15, 0.2) is 58.1 Å². The summed E-state index contributed by atoms with van der Waals surface area (Å²) in [7, 11) is 0. The van der Waals surface area contributed by atoms with Crippen molar-refractivity contribution in [3.05, 3.63) is 106 Å². The second kappa shape index (κ2) is 11.2. The molecule has 0 unspecified atom stereocenters. The third-order valence-corrected chi connectivity index (χ3v) is 7.02. The number of halogens is 4. The van der Waals surface area contributed by atoms with E-state index in [4.69, 9.17) is 51.1 Å². The predicted molar refractivity (Wildman–Crippen MR) is 146 cm³/mol. The molecule has 11 heteroatoms. The summed E-state index contributed by atoms with van der Waals surface area (Å²) >= 11 is 24.6. The van der Waals surface area contributed by atoms with E-state index in [1.54, 1.807) is 48.5 Å². The van der Waals surface area contributed by atoms with Gasteiger partial charge >= 0.3 is 11.7 Å². The molecule has 4 rings (SSSR count). The van der Waals surface area contributed by atoms with Crippen LogP contribution in [-0.4, -0.2) is 20.2 Å². The molecule has 1 heterocycles. The highest BCUT2D eigenvalue weighted by molar-refractivity contribution is 6.35. The van der Waals surface area contributed by atoms with Gasteiger partial charge in [-0.3, -0.25) is 14.2 Å². The van der Waals surface area contributed by atoms with Crippen molar-refractivity contribution in [1.82, 2.24) is 9.13 Å². The number of carboxylic acids is 1. The minimum absolute atomic E-state index is 0.00498. The fourth-order valence-corrected chi connectivity index (χ4v) is 5.01. The summed E-state index contributed by atoms with van der Waals surface area (Å²) in [6.45, 7) is 1.15. The maximum Gasteiger partial charge on any atom is 0.332 e. The number of nitrogens with zero attached hydrogens (tertiary/aromatic N) is 2. The van der Waals surface area contributed by atoms with Crippen molar-refractivity contribution in [2.24, 2.45) is 0 Å². The van der Waals surface area contributed by atoms with Crippen molar-refractivity contribution in [2.75, 3.05) is 0 Å². The van der Waals surface area contributed by atoms with Crippen LogP contribution in [0.25, 0.3) is 10.9 Å². The first kappa shape index (κ1) is 27.1. The number of benzene rings is 3. The first-order valence-corrected chi connectivity index (χ1v) is 12.6. The van der Waals surface area contributed by atoms with E-state index in [2.05, 4.69) is 0 Å². The molecule has 192 valence electrons. The Hall–Kier alpha value is -2.97. The number of carboxylic acid groups (broad SMARTS) is 1. The average molecular weight is 582 g/mol. The lowest BCUT2D eigenvalue weighted by Gasteiger charge is -2.18. The molecular weight excluding hydrogens is 562 g/mol. The molecule has 0 aliphatic heterocycles. The molecule has 1 aromatic heterocycles. The van der Waals surface area contributed by atoms with Gasteiger partial charge in [0.15, 0.2) is 0 Å². The molecule has 0 saturated heterocycles. The predicted octanol–water partition coefficient (Wildman–Crippen LogP) is 6.05. The lowest BCUT2D eigenvalue weighted by atomic mass is 10.0. The van der Waals surface area contributed by atoms with E-state index in [1.165, 1.54) is 4.57 Å². The van der Waals surface area contributed by atoms with E-state index in [9.17, 15) is 19.5 Å². The average Bonchev–Trinajstić information content (AvgIpc) is 2.84. The molecule has 0 atom stereocenters. The largest absolute Gasteiger partial charge is 0.489 e. The van der Waals surface area contributed by atoms with E-state index in [0.717, 1.165) is 0 Å². The van der Waals surface area contributed by atoms with Crippen LogP contribution in [0.3, 0.4) is 0 Å². The van der Waals surface area contributed by atoms with Crippen LogP contribution in [-0.2, 0) is 30.9 Å². The Kier molecular flexibility index (Phi) is 8.19. The van der Waals surface area contributed by atoms with Crippen LogP contribution in [0, 0.1) is 0 Å². The van der Waals surface area contributed by atoms with Gasteiger partial charge in [-0.15, -0.1) is 0 Å². The Morgan fingerprint density at radius 3 is 2.08 bits per heavy atom. The highest BCUT2D eigenvalue weighted by Gasteiger charge is 2.21. The quantitative estimate of drug-likeness (QED) is 0.273. The van der Waals surface area contributed by atoms with Gasteiger partial charge in [-0.2, -0.15) is 0 Å². The number of hydrogen-bond donors (Lipinski definition) is 1. The highest BCUT2D eigenvalue weighted by Crippen LogP contribution is 2.29. The molecule has 1 N–H and O–H groups in total. The highest BCUT2D eigenvalue weighted by atomic mass is 35.5. The Morgan fingerprint density at radius 1 is 0.892 bits per heavy atom.